The Hall–Kier alpha value is -0.0400. The van der Waals surface area contributed by atoms with Crippen molar-refractivity contribution in [3.63, 3.8) is 0 Å². The molecule has 0 N–H and O–H groups in total. The first-order chi connectivity index (χ1) is 7.82. The molecule has 3 unspecified atom stereocenters. The van der Waals surface area contributed by atoms with Crippen LogP contribution in [0.5, 0.6) is 0 Å². The van der Waals surface area contributed by atoms with Crippen LogP contribution >= 0.6 is 0 Å². The van der Waals surface area contributed by atoms with E-state index in [1.807, 2.05) is 0 Å². The molecule has 0 heterocycles. The fraction of sp³-hybridized carbons (Fsp3) is 1.00. The van der Waals surface area contributed by atoms with Gasteiger partial charge in [0.05, 0.1) is 26.2 Å². The molecule has 1 rings (SSSR count). The summed E-state index contributed by atoms with van der Waals surface area (Å²) in [6.45, 7) is 12.1. The Morgan fingerprint density at radius 2 is 1.59 bits per heavy atom. The highest BCUT2D eigenvalue weighted by Crippen LogP contribution is 2.38. The van der Waals surface area contributed by atoms with Gasteiger partial charge < -0.3 is 4.48 Å². The summed E-state index contributed by atoms with van der Waals surface area (Å²) >= 11 is 0. The van der Waals surface area contributed by atoms with Crippen molar-refractivity contribution in [2.75, 3.05) is 14.1 Å². The molecule has 0 amide bonds. The Kier molecular flexibility index (Phi) is 5.07. The molecule has 0 bridgehead atoms. The van der Waals surface area contributed by atoms with Crippen LogP contribution in [-0.4, -0.2) is 30.7 Å². The molecule has 0 aromatic rings. The lowest BCUT2D eigenvalue weighted by Gasteiger charge is -2.49. The van der Waals surface area contributed by atoms with Crippen molar-refractivity contribution in [3.05, 3.63) is 0 Å². The molecular weight excluding hydrogens is 206 g/mol. The number of hydrogen-bond donors (Lipinski definition) is 0. The number of hydrogen-bond acceptors (Lipinski definition) is 0. The van der Waals surface area contributed by atoms with E-state index in [4.69, 9.17) is 0 Å². The van der Waals surface area contributed by atoms with Crippen molar-refractivity contribution < 1.29 is 4.48 Å². The van der Waals surface area contributed by atoms with Crippen LogP contribution in [0.3, 0.4) is 0 Å². The minimum atomic E-state index is 0.783. The highest BCUT2D eigenvalue weighted by molar-refractivity contribution is 4.79. The van der Waals surface area contributed by atoms with E-state index in [2.05, 4.69) is 48.7 Å². The molecule has 3 atom stereocenters. The van der Waals surface area contributed by atoms with E-state index < -0.39 is 0 Å². The lowest BCUT2D eigenvalue weighted by molar-refractivity contribution is -0.944. The van der Waals surface area contributed by atoms with Crippen LogP contribution in [0.2, 0.25) is 0 Å². The molecule has 0 saturated heterocycles. The van der Waals surface area contributed by atoms with Crippen molar-refractivity contribution in [2.24, 2.45) is 17.8 Å². The average molecular weight is 240 g/mol. The maximum atomic E-state index is 2.49. The number of quaternary nitrogens is 1. The van der Waals surface area contributed by atoms with Gasteiger partial charge in [0.1, 0.15) is 0 Å². The second-order valence-electron chi connectivity index (χ2n) is 7.14. The van der Waals surface area contributed by atoms with E-state index in [0.29, 0.717) is 0 Å². The molecule has 0 spiro atoms. The maximum Gasteiger partial charge on any atom is 0.0908 e. The van der Waals surface area contributed by atoms with Crippen LogP contribution in [0.15, 0.2) is 0 Å². The predicted molar refractivity (Wildman–Crippen MR) is 77.0 cm³/mol. The highest BCUT2D eigenvalue weighted by Gasteiger charge is 2.40. The van der Waals surface area contributed by atoms with Crippen molar-refractivity contribution in [1.82, 2.24) is 0 Å². The van der Waals surface area contributed by atoms with Crippen LogP contribution in [0.25, 0.3) is 0 Å². The summed E-state index contributed by atoms with van der Waals surface area (Å²) in [6, 6.07) is 1.58. The Morgan fingerprint density at radius 1 is 1.06 bits per heavy atom. The van der Waals surface area contributed by atoms with Crippen molar-refractivity contribution in [2.45, 2.75) is 72.4 Å². The fourth-order valence-corrected chi connectivity index (χ4v) is 3.98. The first-order valence-electron chi connectivity index (χ1n) is 7.65. The largest absolute Gasteiger partial charge is 0.323 e. The van der Waals surface area contributed by atoms with Crippen molar-refractivity contribution in [1.29, 1.82) is 0 Å². The van der Waals surface area contributed by atoms with Gasteiger partial charge in [0.25, 0.3) is 0 Å². The molecule has 1 aliphatic rings. The molecule has 1 heteroatoms. The predicted octanol–water partition coefficient (Wildman–Crippen LogP) is 4.32. The van der Waals surface area contributed by atoms with Gasteiger partial charge in [-0.1, -0.05) is 34.1 Å². The van der Waals surface area contributed by atoms with Gasteiger partial charge in [-0.3, -0.25) is 0 Å². The molecule has 0 aromatic carbocycles. The van der Waals surface area contributed by atoms with Gasteiger partial charge in [0, 0.05) is 11.8 Å². The smallest absolute Gasteiger partial charge is 0.0908 e. The summed E-state index contributed by atoms with van der Waals surface area (Å²) < 4.78 is 1.20. The maximum absolute atomic E-state index is 2.49. The summed E-state index contributed by atoms with van der Waals surface area (Å²) in [4.78, 5) is 0. The summed E-state index contributed by atoms with van der Waals surface area (Å²) in [5.41, 5.74) is 0. The van der Waals surface area contributed by atoms with Crippen LogP contribution in [0, 0.1) is 17.8 Å². The first kappa shape index (κ1) is 15.0. The lowest BCUT2D eigenvalue weighted by Crippen LogP contribution is -2.59. The third-order valence-corrected chi connectivity index (χ3v) is 5.75. The Balaban J connectivity index is 2.72. The third kappa shape index (κ3) is 3.05. The van der Waals surface area contributed by atoms with Gasteiger partial charge in [-0.05, 0) is 32.1 Å². The Labute approximate surface area is 109 Å². The molecule has 0 aromatic heterocycles. The molecule has 0 aliphatic heterocycles. The van der Waals surface area contributed by atoms with E-state index in [0.717, 1.165) is 29.8 Å². The van der Waals surface area contributed by atoms with E-state index >= 15 is 0 Å². The van der Waals surface area contributed by atoms with Crippen molar-refractivity contribution >= 4 is 0 Å². The average Bonchev–Trinajstić information content (AvgIpc) is 2.13. The zero-order valence-electron chi connectivity index (χ0n) is 13.2. The van der Waals surface area contributed by atoms with Crippen LogP contribution in [0.1, 0.15) is 60.3 Å². The second kappa shape index (κ2) is 5.73. The monoisotopic (exact) mass is 240 g/mol. The molecule has 0 radical (unpaired) electrons. The number of rotatable bonds is 6. The molecule has 1 aliphatic carbocycles. The van der Waals surface area contributed by atoms with Gasteiger partial charge in [-0.15, -0.1) is 0 Å². The Bertz CT molecular complexity index is 228. The molecule has 1 fully saturated rings. The lowest BCUT2D eigenvalue weighted by atomic mass is 9.73. The normalized spacial score (nSPS) is 23.3. The highest BCUT2D eigenvalue weighted by atomic mass is 15.4. The topological polar surface area (TPSA) is 0 Å². The van der Waals surface area contributed by atoms with Crippen LogP contribution in [-0.2, 0) is 0 Å². The SMILES string of the molecule is CCC(C(C)C)[N+](C)(C)C(C)C(C)C1CCC1. The van der Waals surface area contributed by atoms with Gasteiger partial charge in [0.2, 0.25) is 0 Å². The van der Waals surface area contributed by atoms with Gasteiger partial charge >= 0.3 is 0 Å². The summed E-state index contributed by atoms with van der Waals surface area (Å²) in [5, 5.41) is 0. The van der Waals surface area contributed by atoms with Gasteiger partial charge in [0.15, 0.2) is 0 Å². The molecule has 102 valence electrons. The standard InChI is InChI=1S/C16H34N/c1-8-16(12(2)3)17(6,7)14(5)13(4)15-10-9-11-15/h12-16H,8-11H2,1-7H3/q+1. The van der Waals surface area contributed by atoms with E-state index in [1.54, 1.807) is 0 Å². The Morgan fingerprint density at radius 3 is 1.88 bits per heavy atom. The second-order valence-corrected chi connectivity index (χ2v) is 7.14. The van der Waals surface area contributed by atoms with Crippen molar-refractivity contribution in [3.8, 4) is 0 Å². The number of nitrogens with zero attached hydrogens (tertiary/aromatic N) is 1. The van der Waals surface area contributed by atoms with Gasteiger partial charge in [-0.25, -0.2) is 0 Å². The van der Waals surface area contributed by atoms with Crippen LogP contribution in [0.4, 0.5) is 0 Å². The van der Waals surface area contributed by atoms with Gasteiger partial charge in [-0.2, -0.15) is 0 Å². The molecule has 17 heavy (non-hydrogen) atoms. The van der Waals surface area contributed by atoms with E-state index in [1.165, 1.54) is 30.2 Å². The third-order valence-electron chi connectivity index (χ3n) is 5.75. The molecule has 1 nitrogen and oxygen atoms in total. The molecule has 1 saturated carbocycles. The van der Waals surface area contributed by atoms with Crippen LogP contribution < -0.4 is 0 Å². The quantitative estimate of drug-likeness (QED) is 0.607. The van der Waals surface area contributed by atoms with E-state index in [-0.39, 0.29) is 0 Å². The minimum absolute atomic E-state index is 0.783. The first-order valence-corrected chi connectivity index (χ1v) is 7.65. The fourth-order valence-electron chi connectivity index (χ4n) is 3.98. The zero-order valence-corrected chi connectivity index (χ0v) is 13.2. The molecular formula is C16H34N+. The summed E-state index contributed by atoms with van der Waals surface area (Å²) in [6.07, 6.45) is 5.72. The summed E-state index contributed by atoms with van der Waals surface area (Å²) in [5.74, 6) is 2.67. The summed E-state index contributed by atoms with van der Waals surface area (Å²) in [7, 11) is 4.90. The van der Waals surface area contributed by atoms with E-state index in [9.17, 15) is 0 Å². The minimum Gasteiger partial charge on any atom is -0.323 e. The zero-order chi connectivity index (χ0) is 13.2.